The monoisotopic (exact) mass is 260 g/mol. The molecule has 0 saturated carbocycles. The van der Waals surface area contributed by atoms with Gasteiger partial charge in [-0.3, -0.25) is 5.10 Å². The Morgan fingerprint density at radius 3 is 2.79 bits per heavy atom. The number of nitrogens with two attached hydrogens (primary N) is 1. The summed E-state index contributed by atoms with van der Waals surface area (Å²) in [6.45, 7) is 3.46. The highest BCUT2D eigenvalue weighted by molar-refractivity contribution is 5.70. The Bertz CT molecular complexity index is 548. The molecule has 19 heavy (non-hydrogen) atoms. The fourth-order valence-corrected chi connectivity index (χ4v) is 1.81. The van der Waals surface area contributed by atoms with Crippen LogP contribution in [0.1, 0.15) is 5.69 Å². The lowest BCUT2D eigenvalue weighted by Gasteiger charge is -2.13. The van der Waals surface area contributed by atoms with Crippen LogP contribution in [0.4, 0.5) is 5.69 Å². The van der Waals surface area contributed by atoms with Gasteiger partial charge in [-0.15, -0.1) is 0 Å². The zero-order chi connectivity index (χ0) is 13.8. The summed E-state index contributed by atoms with van der Waals surface area (Å²) in [7, 11) is 4.02. The van der Waals surface area contributed by atoms with E-state index in [9.17, 15) is 0 Å². The summed E-state index contributed by atoms with van der Waals surface area (Å²) in [6, 6.07) is 5.81. The molecule has 0 aliphatic carbocycles. The molecule has 0 amide bonds. The van der Waals surface area contributed by atoms with Crippen LogP contribution in [0.5, 0.6) is 5.75 Å². The summed E-state index contributed by atoms with van der Waals surface area (Å²) in [5.74, 6) is 0.722. The van der Waals surface area contributed by atoms with E-state index in [0.717, 1.165) is 29.1 Å². The number of aryl methyl sites for hydroxylation is 1. The van der Waals surface area contributed by atoms with E-state index < -0.39 is 0 Å². The minimum Gasteiger partial charge on any atom is -0.490 e. The summed E-state index contributed by atoms with van der Waals surface area (Å²) in [5, 5.41) is 6.96. The first kappa shape index (κ1) is 13.4. The van der Waals surface area contributed by atoms with Gasteiger partial charge in [0.2, 0.25) is 0 Å². The Labute approximate surface area is 113 Å². The van der Waals surface area contributed by atoms with Gasteiger partial charge in [0.25, 0.3) is 0 Å². The van der Waals surface area contributed by atoms with Crippen molar-refractivity contribution in [2.75, 3.05) is 33.0 Å². The van der Waals surface area contributed by atoms with Crippen LogP contribution in [0, 0.1) is 6.92 Å². The van der Waals surface area contributed by atoms with E-state index in [1.54, 1.807) is 0 Å². The minimum atomic E-state index is 0.616. The number of benzene rings is 1. The van der Waals surface area contributed by atoms with Crippen LogP contribution >= 0.6 is 0 Å². The number of ether oxygens (including phenoxy) is 1. The Hall–Kier alpha value is -2.01. The van der Waals surface area contributed by atoms with Crippen molar-refractivity contribution in [3.63, 3.8) is 0 Å². The van der Waals surface area contributed by atoms with E-state index in [0.29, 0.717) is 12.3 Å². The Kier molecular flexibility index (Phi) is 4.06. The third kappa shape index (κ3) is 3.26. The molecule has 5 heteroatoms. The fraction of sp³-hybridized carbons (Fsp3) is 0.357. The number of aromatic amines is 1. The second-order valence-corrected chi connectivity index (χ2v) is 4.81. The normalized spacial score (nSPS) is 10.9. The third-order valence-corrected chi connectivity index (χ3v) is 2.95. The van der Waals surface area contributed by atoms with Crippen LogP contribution in [-0.2, 0) is 0 Å². The van der Waals surface area contributed by atoms with Crippen molar-refractivity contribution in [2.45, 2.75) is 6.92 Å². The number of nitrogens with zero attached hydrogens (tertiary/aromatic N) is 2. The predicted molar refractivity (Wildman–Crippen MR) is 77.2 cm³/mol. The van der Waals surface area contributed by atoms with E-state index >= 15 is 0 Å². The van der Waals surface area contributed by atoms with E-state index in [1.165, 1.54) is 0 Å². The lowest BCUT2D eigenvalue weighted by atomic mass is 10.1. The average molecular weight is 260 g/mol. The first-order valence-corrected chi connectivity index (χ1v) is 6.25. The van der Waals surface area contributed by atoms with Crippen molar-refractivity contribution in [2.24, 2.45) is 0 Å². The molecule has 0 aliphatic rings. The second kappa shape index (κ2) is 5.75. The van der Waals surface area contributed by atoms with Gasteiger partial charge in [0, 0.05) is 17.8 Å². The number of aromatic nitrogens is 2. The first-order valence-electron chi connectivity index (χ1n) is 6.25. The molecule has 2 aromatic rings. The minimum absolute atomic E-state index is 0.616. The van der Waals surface area contributed by atoms with Gasteiger partial charge < -0.3 is 15.4 Å². The maximum absolute atomic E-state index is 5.94. The summed E-state index contributed by atoms with van der Waals surface area (Å²) in [5.41, 5.74) is 9.75. The van der Waals surface area contributed by atoms with E-state index in [2.05, 4.69) is 15.1 Å². The molecule has 1 heterocycles. The first-order chi connectivity index (χ1) is 9.08. The van der Waals surface area contributed by atoms with Gasteiger partial charge >= 0.3 is 0 Å². The van der Waals surface area contributed by atoms with Crippen LogP contribution in [0.2, 0.25) is 0 Å². The number of H-pyrrole nitrogens is 1. The molecule has 0 radical (unpaired) electrons. The Balaban J connectivity index is 2.18. The zero-order valence-corrected chi connectivity index (χ0v) is 11.6. The number of likely N-dealkylation sites (N-methyl/N-ethyl adjacent to an activating group) is 1. The fourth-order valence-electron chi connectivity index (χ4n) is 1.81. The molecule has 0 spiro atoms. The molecule has 0 atom stereocenters. The van der Waals surface area contributed by atoms with Gasteiger partial charge in [-0.1, -0.05) is 6.07 Å². The molecule has 3 N–H and O–H groups in total. The van der Waals surface area contributed by atoms with E-state index in [1.807, 2.05) is 45.4 Å². The van der Waals surface area contributed by atoms with Crippen molar-refractivity contribution in [1.82, 2.24) is 15.1 Å². The van der Waals surface area contributed by atoms with Crippen molar-refractivity contribution in [3.05, 3.63) is 30.1 Å². The van der Waals surface area contributed by atoms with Crippen LogP contribution in [0.25, 0.3) is 11.1 Å². The van der Waals surface area contributed by atoms with Crippen LogP contribution in [0.15, 0.2) is 24.4 Å². The quantitative estimate of drug-likeness (QED) is 0.806. The van der Waals surface area contributed by atoms with Crippen molar-refractivity contribution >= 4 is 5.69 Å². The van der Waals surface area contributed by atoms with Crippen molar-refractivity contribution in [3.8, 4) is 16.9 Å². The third-order valence-electron chi connectivity index (χ3n) is 2.95. The van der Waals surface area contributed by atoms with Crippen molar-refractivity contribution in [1.29, 1.82) is 0 Å². The van der Waals surface area contributed by atoms with Crippen LogP contribution in [-0.4, -0.2) is 42.3 Å². The highest BCUT2D eigenvalue weighted by atomic mass is 16.5. The lowest BCUT2D eigenvalue weighted by Crippen LogP contribution is -2.19. The molecular formula is C14H20N4O. The summed E-state index contributed by atoms with van der Waals surface area (Å²) < 4.78 is 5.73. The molecule has 5 nitrogen and oxygen atoms in total. The number of hydrogen-bond acceptors (Lipinski definition) is 4. The standard InChI is InChI=1S/C14H20N4O/c1-10-12(9-16-17-10)11-4-5-13(15)14(8-11)19-7-6-18(2)3/h4-5,8-9H,6-7,15H2,1-3H3,(H,16,17). The van der Waals surface area contributed by atoms with Gasteiger partial charge in [-0.25, -0.2) is 0 Å². The number of anilines is 1. The van der Waals surface area contributed by atoms with Gasteiger partial charge in [0.1, 0.15) is 12.4 Å². The van der Waals surface area contributed by atoms with Gasteiger partial charge in [-0.05, 0) is 38.7 Å². The maximum atomic E-state index is 5.94. The summed E-state index contributed by atoms with van der Waals surface area (Å²) in [4.78, 5) is 2.07. The number of nitrogen functional groups attached to an aromatic ring is 1. The highest BCUT2D eigenvalue weighted by Crippen LogP contribution is 2.29. The predicted octanol–water partition coefficient (Wildman–Crippen LogP) is 1.91. The molecule has 0 bridgehead atoms. The molecule has 0 saturated heterocycles. The number of rotatable bonds is 5. The molecule has 1 aromatic carbocycles. The van der Waals surface area contributed by atoms with E-state index in [4.69, 9.17) is 10.5 Å². The van der Waals surface area contributed by atoms with Crippen molar-refractivity contribution < 1.29 is 4.74 Å². The topological polar surface area (TPSA) is 67.2 Å². The van der Waals surface area contributed by atoms with E-state index in [-0.39, 0.29) is 0 Å². The van der Waals surface area contributed by atoms with Crippen LogP contribution < -0.4 is 10.5 Å². The molecule has 0 aliphatic heterocycles. The molecule has 0 unspecified atom stereocenters. The Morgan fingerprint density at radius 2 is 2.16 bits per heavy atom. The van der Waals surface area contributed by atoms with Gasteiger partial charge in [0.05, 0.1) is 11.9 Å². The Morgan fingerprint density at radius 1 is 1.37 bits per heavy atom. The summed E-state index contributed by atoms with van der Waals surface area (Å²) in [6.07, 6.45) is 1.81. The zero-order valence-electron chi connectivity index (χ0n) is 11.6. The smallest absolute Gasteiger partial charge is 0.142 e. The SMILES string of the molecule is Cc1[nH]ncc1-c1ccc(N)c(OCCN(C)C)c1. The number of nitrogens with one attached hydrogen (secondary N) is 1. The molecule has 2 rings (SSSR count). The summed E-state index contributed by atoms with van der Waals surface area (Å²) >= 11 is 0. The highest BCUT2D eigenvalue weighted by Gasteiger charge is 2.08. The molecular weight excluding hydrogens is 240 g/mol. The second-order valence-electron chi connectivity index (χ2n) is 4.81. The molecule has 0 fully saturated rings. The largest absolute Gasteiger partial charge is 0.490 e. The van der Waals surface area contributed by atoms with Gasteiger partial charge in [-0.2, -0.15) is 5.10 Å². The van der Waals surface area contributed by atoms with Gasteiger partial charge in [0.15, 0.2) is 0 Å². The van der Waals surface area contributed by atoms with Crippen LogP contribution in [0.3, 0.4) is 0 Å². The lowest BCUT2D eigenvalue weighted by molar-refractivity contribution is 0.262. The molecule has 1 aromatic heterocycles. The number of hydrogen-bond donors (Lipinski definition) is 2. The average Bonchev–Trinajstić information content (AvgIpc) is 2.77. The maximum Gasteiger partial charge on any atom is 0.142 e. The molecule has 102 valence electrons.